The molecule has 0 amide bonds. The number of hydrogen-bond donors (Lipinski definition) is 2. The first-order valence-corrected chi connectivity index (χ1v) is 5.94. The molecular formula is C13H17N3O2. The molecule has 2 N–H and O–H groups in total. The molecule has 0 aliphatic rings. The Morgan fingerprint density at radius 1 is 1.33 bits per heavy atom. The summed E-state index contributed by atoms with van der Waals surface area (Å²) in [7, 11) is 0. The van der Waals surface area contributed by atoms with Crippen molar-refractivity contribution in [2.45, 2.75) is 26.8 Å². The van der Waals surface area contributed by atoms with Crippen molar-refractivity contribution in [1.82, 2.24) is 15.5 Å². The number of nitrogens with zero attached hydrogens (tertiary/aromatic N) is 2. The molecule has 0 atom stereocenters. The topological polar surface area (TPSA) is 71.2 Å². The van der Waals surface area contributed by atoms with E-state index in [0.717, 1.165) is 17.7 Å². The van der Waals surface area contributed by atoms with Gasteiger partial charge in [0.25, 0.3) is 0 Å². The third-order valence-corrected chi connectivity index (χ3v) is 2.72. The van der Waals surface area contributed by atoms with Crippen molar-refractivity contribution in [3.8, 4) is 5.75 Å². The number of para-hydroxylation sites is 1. The third kappa shape index (κ3) is 3.07. The van der Waals surface area contributed by atoms with Gasteiger partial charge in [0.05, 0.1) is 0 Å². The average molecular weight is 247 g/mol. The molecule has 0 bridgehead atoms. The van der Waals surface area contributed by atoms with Gasteiger partial charge in [0, 0.05) is 25.1 Å². The Labute approximate surface area is 106 Å². The second-order valence-electron chi connectivity index (χ2n) is 4.24. The predicted octanol–water partition coefficient (Wildman–Crippen LogP) is 1.72. The number of aromatic nitrogens is 2. The standard InChI is InChI=1S/C13H17N3O2/c1-9-4-3-5-11(13(9)17)8-14-7-6-12-15-10(2)16-18-12/h3-5,14,17H,6-8H2,1-2H3. The van der Waals surface area contributed by atoms with Crippen LogP contribution in [0.25, 0.3) is 0 Å². The first kappa shape index (κ1) is 12.6. The molecule has 0 saturated heterocycles. The second kappa shape index (κ2) is 5.64. The minimum Gasteiger partial charge on any atom is -0.507 e. The zero-order valence-corrected chi connectivity index (χ0v) is 10.6. The van der Waals surface area contributed by atoms with Gasteiger partial charge in [0.1, 0.15) is 5.75 Å². The Kier molecular flexibility index (Phi) is 3.94. The van der Waals surface area contributed by atoms with Gasteiger partial charge in [-0.3, -0.25) is 0 Å². The molecular weight excluding hydrogens is 230 g/mol. The van der Waals surface area contributed by atoms with Gasteiger partial charge in [0.2, 0.25) is 5.89 Å². The summed E-state index contributed by atoms with van der Waals surface area (Å²) in [6.07, 6.45) is 0.688. The van der Waals surface area contributed by atoms with E-state index in [-0.39, 0.29) is 0 Å². The fourth-order valence-corrected chi connectivity index (χ4v) is 1.72. The van der Waals surface area contributed by atoms with E-state index in [1.54, 1.807) is 6.92 Å². The van der Waals surface area contributed by atoms with Gasteiger partial charge < -0.3 is 14.9 Å². The van der Waals surface area contributed by atoms with Gasteiger partial charge in [-0.05, 0) is 19.4 Å². The van der Waals surface area contributed by atoms with Crippen LogP contribution >= 0.6 is 0 Å². The first-order valence-electron chi connectivity index (χ1n) is 5.94. The molecule has 0 fully saturated rings. The summed E-state index contributed by atoms with van der Waals surface area (Å²) in [4.78, 5) is 4.12. The van der Waals surface area contributed by atoms with Gasteiger partial charge >= 0.3 is 0 Å². The fraction of sp³-hybridized carbons (Fsp3) is 0.385. The van der Waals surface area contributed by atoms with E-state index >= 15 is 0 Å². The van der Waals surface area contributed by atoms with Gasteiger partial charge in [-0.2, -0.15) is 4.98 Å². The van der Waals surface area contributed by atoms with E-state index in [1.807, 2.05) is 25.1 Å². The van der Waals surface area contributed by atoms with Crippen LogP contribution in [0.3, 0.4) is 0 Å². The Hall–Kier alpha value is -1.88. The quantitative estimate of drug-likeness (QED) is 0.787. The Bertz CT molecular complexity index is 523. The van der Waals surface area contributed by atoms with Gasteiger partial charge in [-0.1, -0.05) is 23.4 Å². The van der Waals surface area contributed by atoms with E-state index in [2.05, 4.69) is 15.5 Å². The molecule has 1 aromatic heterocycles. The Morgan fingerprint density at radius 2 is 2.17 bits per heavy atom. The van der Waals surface area contributed by atoms with Crippen LogP contribution < -0.4 is 5.32 Å². The summed E-state index contributed by atoms with van der Waals surface area (Å²) in [6.45, 7) is 5.04. The first-order chi connectivity index (χ1) is 8.66. The van der Waals surface area contributed by atoms with Gasteiger partial charge in [-0.25, -0.2) is 0 Å². The lowest BCUT2D eigenvalue weighted by atomic mass is 10.1. The minimum atomic E-state index is 0.360. The summed E-state index contributed by atoms with van der Waals surface area (Å²) in [5.74, 6) is 1.65. The lowest BCUT2D eigenvalue weighted by Crippen LogP contribution is -2.17. The molecule has 0 saturated carbocycles. The molecule has 0 aliphatic heterocycles. The maximum absolute atomic E-state index is 9.84. The van der Waals surface area contributed by atoms with E-state index < -0.39 is 0 Å². The maximum atomic E-state index is 9.84. The van der Waals surface area contributed by atoms with Crippen molar-refractivity contribution >= 4 is 0 Å². The zero-order valence-electron chi connectivity index (χ0n) is 10.6. The Balaban J connectivity index is 1.80. The molecule has 5 heteroatoms. The van der Waals surface area contributed by atoms with Crippen LogP contribution in [0.15, 0.2) is 22.7 Å². The fourth-order valence-electron chi connectivity index (χ4n) is 1.72. The monoisotopic (exact) mass is 247 g/mol. The van der Waals surface area contributed by atoms with Crippen LogP contribution in [0.2, 0.25) is 0 Å². The van der Waals surface area contributed by atoms with Crippen molar-refractivity contribution < 1.29 is 9.63 Å². The molecule has 2 rings (SSSR count). The van der Waals surface area contributed by atoms with Crippen LogP contribution in [0.1, 0.15) is 22.8 Å². The molecule has 1 aromatic carbocycles. The van der Waals surface area contributed by atoms with Crippen LogP contribution in [-0.4, -0.2) is 21.8 Å². The highest BCUT2D eigenvalue weighted by atomic mass is 16.5. The van der Waals surface area contributed by atoms with E-state index in [9.17, 15) is 5.11 Å². The Morgan fingerprint density at radius 3 is 2.89 bits per heavy atom. The smallest absolute Gasteiger partial charge is 0.227 e. The van der Waals surface area contributed by atoms with Crippen molar-refractivity contribution in [2.75, 3.05) is 6.54 Å². The van der Waals surface area contributed by atoms with E-state index in [4.69, 9.17) is 4.52 Å². The average Bonchev–Trinajstić information content (AvgIpc) is 2.76. The molecule has 0 aliphatic carbocycles. The number of nitrogens with one attached hydrogen (secondary N) is 1. The van der Waals surface area contributed by atoms with Crippen LogP contribution in [0, 0.1) is 13.8 Å². The van der Waals surface area contributed by atoms with Crippen LogP contribution in [-0.2, 0) is 13.0 Å². The highest BCUT2D eigenvalue weighted by molar-refractivity contribution is 5.39. The summed E-state index contributed by atoms with van der Waals surface area (Å²) < 4.78 is 5.01. The summed E-state index contributed by atoms with van der Waals surface area (Å²) in [5.41, 5.74) is 1.79. The third-order valence-electron chi connectivity index (χ3n) is 2.72. The van der Waals surface area contributed by atoms with E-state index in [0.29, 0.717) is 30.4 Å². The lowest BCUT2D eigenvalue weighted by Gasteiger charge is -2.07. The maximum Gasteiger partial charge on any atom is 0.227 e. The number of phenols is 1. The highest BCUT2D eigenvalue weighted by Gasteiger charge is 2.04. The summed E-state index contributed by atoms with van der Waals surface area (Å²) in [6, 6.07) is 5.74. The number of phenolic OH excluding ortho intramolecular Hbond substituents is 1. The molecule has 96 valence electrons. The molecule has 0 spiro atoms. The number of aryl methyl sites for hydroxylation is 2. The normalized spacial score (nSPS) is 10.8. The van der Waals surface area contributed by atoms with Crippen molar-refractivity contribution in [3.63, 3.8) is 0 Å². The molecule has 1 heterocycles. The van der Waals surface area contributed by atoms with Crippen LogP contribution in [0.4, 0.5) is 0 Å². The van der Waals surface area contributed by atoms with Crippen molar-refractivity contribution in [2.24, 2.45) is 0 Å². The number of rotatable bonds is 5. The molecule has 2 aromatic rings. The molecule has 0 unspecified atom stereocenters. The summed E-state index contributed by atoms with van der Waals surface area (Å²) >= 11 is 0. The van der Waals surface area contributed by atoms with Crippen molar-refractivity contribution in [1.29, 1.82) is 0 Å². The summed E-state index contributed by atoms with van der Waals surface area (Å²) in [5, 5.41) is 16.8. The minimum absolute atomic E-state index is 0.360. The number of aromatic hydroxyl groups is 1. The van der Waals surface area contributed by atoms with E-state index in [1.165, 1.54) is 0 Å². The molecule has 5 nitrogen and oxygen atoms in total. The van der Waals surface area contributed by atoms with Crippen molar-refractivity contribution in [3.05, 3.63) is 41.0 Å². The van der Waals surface area contributed by atoms with Gasteiger partial charge in [-0.15, -0.1) is 0 Å². The SMILES string of the molecule is Cc1noc(CCNCc2cccc(C)c2O)n1. The van der Waals surface area contributed by atoms with Crippen LogP contribution in [0.5, 0.6) is 5.75 Å². The molecule has 18 heavy (non-hydrogen) atoms. The second-order valence-corrected chi connectivity index (χ2v) is 4.24. The zero-order chi connectivity index (χ0) is 13.0. The lowest BCUT2D eigenvalue weighted by molar-refractivity contribution is 0.372. The molecule has 0 radical (unpaired) electrons. The predicted molar refractivity (Wildman–Crippen MR) is 67.3 cm³/mol. The number of benzene rings is 1. The largest absolute Gasteiger partial charge is 0.507 e. The van der Waals surface area contributed by atoms with Gasteiger partial charge in [0.15, 0.2) is 5.82 Å². The number of hydrogen-bond acceptors (Lipinski definition) is 5. The highest BCUT2D eigenvalue weighted by Crippen LogP contribution is 2.20.